The van der Waals surface area contributed by atoms with E-state index < -0.39 is 0 Å². The zero-order chi connectivity index (χ0) is 14.3. The van der Waals surface area contributed by atoms with E-state index in [1.54, 1.807) is 4.68 Å². The van der Waals surface area contributed by atoms with Gasteiger partial charge in [-0.3, -0.25) is 9.48 Å². The highest BCUT2D eigenvalue weighted by Gasteiger charge is 2.42. The van der Waals surface area contributed by atoms with Crippen LogP contribution in [0.5, 0.6) is 0 Å². The molecule has 0 unspecified atom stereocenters. The molecule has 1 aromatic heterocycles. The Hall–Kier alpha value is -1.32. The Balaban J connectivity index is 1.58. The molecule has 2 saturated carbocycles. The van der Waals surface area contributed by atoms with E-state index in [2.05, 4.69) is 17.3 Å². The largest absolute Gasteiger partial charge is 0.352 e. The average Bonchev–Trinajstić information content (AvgIpc) is 3.13. The summed E-state index contributed by atoms with van der Waals surface area (Å²) in [7, 11) is 0. The maximum Gasteiger partial charge on any atom is 0.244 e. The van der Waals surface area contributed by atoms with Crippen LogP contribution in [-0.2, 0) is 4.79 Å². The van der Waals surface area contributed by atoms with Crippen molar-refractivity contribution in [2.75, 3.05) is 0 Å². The fourth-order valence-electron chi connectivity index (χ4n) is 4.13. The van der Waals surface area contributed by atoms with Gasteiger partial charge in [0.1, 0.15) is 6.04 Å². The van der Waals surface area contributed by atoms with E-state index in [0.717, 1.165) is 17.5 Å². The summed E-state index contributed by atoms with van der Waals surface area (Å²) in [5, 5.41) is 7.54. The third kappa shape index (κ3) is 2.48. The molecule has 2 aliphatic carbocycles. The highest BCUT2D eigenvalue weighted by Crippen LogP contribution is 2.49. The Bertz CT molecular complexity index is 496. The quantitative estimate of drug-likeness (QED) is 0.918. The van der Waals surface area contributed by atoms with Crippen LogP contribution >= 0.6 is 0 Å². The van der Waals surface area contributed by atoms with E-state index in [9.17, 15) is 4.79 Å². The Morgan fingerprint density at radius 3 is 2.75 bits per heavy atom. The maximum atomic E-state index is 12.4. The molecule has 3 rings (SSSR count). The number of aromatic nitrogens is 2. The van der Waals surface area contributed by atoms with Crippen molar-refractivity contribution in [1.29, 1.82) is 0 Å². The lowest BCUT2D eigenvalue weighted by atomic mass is 9.84. The summed E-state index contributed by atoms with van der Waals surface area (Å²) in [6, 6.07) is 1.99. The number of aryl methyl sites for hydroxylation is 1. The second-order valence-corrected chi connectivity index (χ2v) is 6.75. The van der Waals surface area contributed by atoms with Gasteiger partial charge in [0.2, 0.25) is 5.91 Å². The first-order chi connectivity index (χ1) is 9.54. The van der Waals surface area contributed by atoms with Crippen molar-refractivity contribution in [3.63, 3.8) is 0 Å². The number of hydrogen-bond donors (Lipinski definition) is 1. The first kappa shape index (κ1) is 13.7. The van der Waals surface area contributed by atoms with Gasteiger partial charge in [0.05, 0.1) is 5.69 Å². The Kier molecular flexibility index (Phi) is 3.57. The molecular weight excluding hydrogens is 250 g/mol. The summed E-state index contributed by atoms with van der Waals surface area (Å²) in [6.07, 6.45) is 7.34. The lowest BCUT2D eigenvalue weighted by Crippen LogP contribution is -2.43. The fraction of sp³-hybridized carbons (Fsp3) is 0.750. The fourth-order valence-corrected chi connectivity index (χ4v) is 4.13. The minimum absolute atomic E-state index is 0.0865. The highest BCUT2D eigenvalue weighted by atomic mass is 16.2. The van der Waals surface area contributed by atoms with Crippen LogP contribution < -0.4 is 5.32 Å². The molecule has 0 radical (unpaired) electrons. The number of nitrogens with one attached hydrogen (secondary N) is 1. The Labute approximate surface area is 120 Å². The van der Waals surface area contributed by atoms with Crippen LogP contribution in [0.15, 0.2) is 12.3 Å². The van der Waals surface area contributed by atoms with E-state index in [0.29, 0.717) is 5.92 Å². The predicted molar refractivity (Wildman–Crippen MR) is 78.2 cm³/mol. The normalized spacial score (nSPS) is 31.2. The summed E-state index contributed by atoms with van der Waals surface area (Å²) in [6.45, 7) is 6.03. The maximum absolute atomic E-state index is 12.4. The zero-order valence-electron chi connectivity index (χ0n) is 12.7. The molecule has 1 N–H and O–H groups in total. The van der Waals surface area contributed by atoms with Crippen LogP contribution in [0.25, 0.3) is 0 Å². The molecule has 2 bridgehead atoms. The first-order valence-electron chi connectivity index (χ1n) is 7.86. The molecular formula is C16H25N3O. The van der Waals surface area contributed by atoms with Gasteiger partial charge in [-0.15, -0.1) is 0 Å². The molecule has 0 aromatic carbocycles. The van der Waals surface area contributed by atoms with Crippen LogP contribution in [0.3, 0.4) is 0 Å². The van der Waals surface area contributed by atoms with Crippen LogP contribution in [-0.4, -0.2) is 21.7 Å². The van der Waals surface area contributed by atoms with Crippen molar-refractivity contribution in [3.8, 4) is 0 Å². The highest BCUT2D eigenvalue weighted by molar-refractivity contribution is 5.80. The molecule has 4 nitrogen and oxygen atoms in total. The molecule has 110 valence electrons. The van der Waals surface area contributed by atoms with Gasteiger partial charge in [0.25, 0.3) is 0 Å². The molecule has 0 aliphatic heterocycles. The molecule has 1 heterocycles. The number of amides is 1. The van der Waals surface area contributed by atoms with Gasteiger partial charge in [-0.1, -0.05) is 6.42 Å². The number of nitrogens with zero attached hydrogens (tertiary/aromatic N) is 2. The number of fused-ring (bicyclic) bond motifs is 2. The SMILES string of the molecule is Cc1ccn([C@H](C)C(=O)N[C@@H](C)[C@H]2C[C@H]3CC[C@H]2C3)n1. The lowest BCUT2D eigenvalue weighted by molar-refractivity contribution is -0.125. The molecule has 2 fully saturated rings. The monoisotopic (exact) mass is 275 g/mol. The average molecular weight is 275 g/mol. The second-order valence-electron chi connectivity index (χ2n) is 6.75. The van der Waals surface area contributed by atoms with E-state index in [1.807, 2.05) is 26.1 Å². The van der Waals surface area contributed by atoms with Gasteiger partial charge < -0.3 is 5.32 Å². The van der Waals surface area contributed by atoms with Gasteiger partial charge in [0.15, 0.2) is 0 Å². The molecule has 4 heteroatoms. The Morgan fingerprint density at radius 2 is 2.20 bits per heavy atom. The van der Waals surface area contributed by atoms with Gasteiger partial charge in [-0.05, 0) is 63.9 Å². The van der Waals surface area contributed by atoms with Crippen LogP contribution in [0, 0.1) is 24.7 Å². The van der Waals surface area contributed by atoms with Crippen LogP contribution in [0.2, 0.25) is 0 Å². The van der Waals surface area contributed by atoms with Crippen molar-refractivity contribution in [2.45, 2.75) is 58.5 Å². The number of carbonyl (C=O) groups is 1. The summed E-state index contributed by atoms with van der Waals surface area (Å²) >= 11 is 0. The van der Waals surface area contributed by atoms with Gasteiger partial charge in [0, 0.05) is 12.2 Å². The number of carbonyl (C=O) groups excluding carboxylic acids is 1. The van der Waals surface area contributed by atoms with Crippen molar-refractivity contribution in [2.24, 2.45) is 17.8 Å². The molecule has 0 spiro atoms. The van der Waals surface area contributed by atoms with E-state index >= 15 is 0 Å². The molecule has 0 saturated heterocycles. The van der Waals surface area contributed by atoms with Crippen molar-refractivity contribution < 1.29 is 4.79 Å². The minimum Gasteiger partial charge on any atom is -0.352 e. The summed E-state index contributed by atoms with van der Waals surface area (Å²) in [5.41, 5.74) is 0.950. The second kappa shape index (κ2) is 5.23. The summed E-state index contributed by atoms with van der Waals surface area (Å²) in [4.78, 5) is 12.4. The summed E-state index contributed by atoms with van der Waals surface area (Å²) < 4.78 is 1.75. The molecule has 5 atom stereocenters. The van der Waals surface area contributed by atoms with E-state index in [4.69, 9.17) is 0 Å². The molecule has 20 heavy (non-hydrogen) atoms. The topological polar surface area (TPSA) is 46.9 Å². The molecule has 2 aliphatic rings. The third-order valence-electron chi connectivity index (χ3n) is 5.32. The first-order valence-corrected chi connectivity index (χ1v) is 7.86. The van der Waals surface area contributed by atoms with Gasteiger partial charge in [-0.25, -0.2) is 0 Å². The van der Waals surface area contributed by atoms with Crippen LogP contribution in [0.1, 0.15) is 51.3 Å². The van der Waals surface area contributed by atoms with Crippen LogP contribution in [0.4, 0.5) is 0 Å². The van der Waals surface area contributed by atoms with Crippen molar-refractivity contribution in [1.82, 2.24) is 15.1 Å². The third-order valence-corrected chi connectivity index (χ3v) is 5.32. The predicted octanol–water partition coefficient (Wildman–Crippen LogP) is 2.69. The van der Waals surface area contributed by atoms with Crippen molar-refractivity contribution in [3.05, 3.63) is 18.0 Å². The smallest absolute Gasteiger partial charge is 0.244 e. The summed E-state index contributed by atoms with van der Waals surface area (Å²) in [5.74, 6) is 2.54. The molecule has 1 aromatic rings. The Morgan fingerprint density at radius 1 is 1.40 bits per heavy atom. The van der Waals surface area contributed by atoms with Gasteiger partial charge >= 0.3 is 0 Å². The minimum atomic E-state index is -0.232. The number of hydrogen-bond acceptors (Lipinski definition) is 2. The number of rotatable bonds is 4. The lowest BCUT2D eigenvalue weighted by Gasteiger charge is -2.29. The van der Waals surface area contributed by atoms with E-state index in [-0.39, 0.29) is 18.0 Å². The van der Waals surface area contributed by atoms with E-state index in [1.165, 1.54) is 25.7 Å². The van der Waals surface area contributed by atoms with Gasteiger partial charge in [-0.2, -0.15) is 5.10 Å². The standard InChI is InChI=1S/C16H25N3O/c1-10-6-7-19(18-10)12(3)16(20)17-11(2)15-9-13-4-5-14(15)8-13/h6-7,11-15H,4-5,8-9H2,1-3H3,(H,17,20)/t11-,12+,13-,14-,15+/m0/s1. The zero-order valence-corrected chi connectivity index (χ0v) is 12.7. The van der Waals surface area contributed by atoms with Crippen molar-refractivity contribution >= 4 is 5.91 Å². The molecule has 1 amide bonds.